The van der Waals surface area contributed by atoms with E-state index in [1.807, 2.05) is 18.2 Å². The van der Waals surface area contributed by atoms with E-state index in [9.17, 15) is 4.39 Å². The lowest BCUT2D eigenvalue weighted by molar-refractivity contribution is 0.284. The van der Waals surface area contributed by atoms with Crippen molar-refractivity contribution in [1.82, 2.24) is 5.32 Å². The molecule has 19 heavy (non-hydrogen) atoms. The zero-order valence-electron chi connectivity index (χ0n) is 10.9. The third kappa shape index (κ3) is 2.85. The van der Waals surface area contributed by atoms with Gasteiger partial charge in [0.05, 0.1) is 0 Å². The molecule has 0 bridgehead atoms. The first-order valence-electron chi connectivity index (χ1n) is 6.84. The summed E-state index contributed by atoms with van der Waals surface area (Å²) in [5.74, 6) is 0.323. The zero-order chi connectivity index (χ0) is 13.1. The molecular formula is C17H18FN. The van der Waals surface area contributed by atoms with Crippen LogP contribution >= 0.6 is 0 Å². The van der Waals surface area contributed by atoms with Crippen LogP contribution in [0, 0.1) is 5.82 Å². The van der Waals surface area contributed by atoms with Crippen molar-refractivity contribution >= 4 is 0 Å². The van der Waals surface area contributed by atoms with Gasteiger partial charge in [-0.15, -0.1) is 0 Å². The van der Waals surface area contributed by atoms with Crippen molar-refractivity contribution in [3.8, 4) is 0 Å². The summed E-state index contributed by atoms with van der Waals surface area (Å²) in [5.41, 5.74) is 2.18. The van der Waals surface area contributed by atoms with Gasteiger partial charge in [-0.2, -0.15) is 0 Å². The van der Waals surface area contributed by atoms with Crippen molar-refractivity contribution in [2.24, 2.45) is 0 Å². The van der Waals surface area contributed by atoms with E-state index in [1.54, 1.807) is 12.1 Å². The minimum atomic E-state index is -0.0611. The first-order chi connectivity index (χ1) is 9.33. The summed E-state index contributed by atoms with van der Waals surface area (Å²) in [6, 6.07) is 18.0. The van der Waals surface area contributed by atoms with Gasteiger partial charge in [-0.05, 0) is 36.0 Å². The molecular weight excluding hydrogens is 237 g/mol. The zero-order valence-corrected chi connectivity index (χ0v) is 10.9. The van der Waals surface area contributed by atoms with E-state index in [4.69, 9.17) is 0 Å². The van der Waals surface area contributed by atoms with E-state index in [-0.39, 0.29) is 5.82 Å². The van der Waals surface area contributed by atoms with Gasteiger partial charge in [0.15, 0.2) is 0 Å². The maximum atomic E-state index is 13.6. The molecule has 1 saturated carbocycles. The molecule has 2 aromatic carbocycles. The summed E-state index contributed by atoms with van der Waals surface area (Å²) in [4.78, 5) is 0. The fourth-order valence-corrected chi connectivity index (χ4v) is 2.70. The molecule has 1 aliphatic rings. The summed E-state index contributed by atoms with van der Waals surface area (Å²) >= 11 is 0. The number of halogens is 1. The van der Waals surface area contributed by atoms with Crippen LogP contribution < -0.4 is 5.32 Å². The highest BCUT2D eigenvalue weighted by Crippen LogP contribution is 2.37. The fraction of sp³-hybridized carbons (Fsp3) is 0.294. The maximum Gasteiger partial charge on any atom is 0.126 e. The van der Waals surface area contributed by atoms with Crippen molar-refractivity contribution in [2.45, 2.75) is 31.3 Å². The quantitative estimate of drug-likeness (QED) is 0.874. The molecule has 0 heterocycles. The average molecular weight is 255 g/mol. The number of nitrogens with one attached hydrogen (secondary N) is 1. The van der Waals surface area contributed by atoms with Gasteiger partial charge in [0.25, 0.3) is 0 Å². The first-order valence-corrected chi connectivity index (χ1v) is 6.84. The molecule has 0 radical (unpaired) electrons. The van der Waals surface area contributed by atoms with Crippen LogP contribution in [-0.4, -0.2) is 6.04 Å². The highest BCUT2D eigenvalue weighted by atomic mass is 19.1. The molecule has 3 rings (SSSR count). The van der Waals surface area contributed by atoms with E-state index in [1.165, 1.54) is 5.56 Å². The van der Waals surface area contributed by atoms with Crippen LogP contribution in [0.5, 0.6) is 0 Å². The van der Waals surface area contributed by atoms with E-state index < -0.39 is 0 Å². The topological polar surface area (TPSA) is 12.0 Å². The lowest BCUT2D eigenvalue weighted by Crippen LogP contribution is -2.39. The Balaban J connectivity index is 1.50. The molecule has 0 aliphatic heterocycles. The standard InChI is InChI=1S/C17H18FN/c18-17-9-5-4-8-16(17)14-10-15(11-14)19-12-13-6-2-1-3-7-13/h1-9,14-15,19H,10-12H2. The SMILES string of the molecule is Fc1ccccc1C1CC(NCc2ccccc2)C1. The molecule has 0 atom stereocenters. The number of benzene rings is 2. The Kier molecular flexibility index (Phi) is 3.60. The number of rotatable bonds is 4. The molecule has 98 valence electrons. The Hall–Kier alpha value is -1.67. The third-order valence-electron chi connectivity index (χ3n) is 3.92. The van der Waals surface area contributed by atoms with Crippen LogP contribution in [0.2, 0.25) is 0 Å². The lowest BCUT2D eigenvalue weighted by atomic mass is 9.75. The molecule has 1 aliphatic carbocycles. The first kappa shape index (κ1) is 12.4. The molecule has 0 unspecified atom stereocenters. The van der Waals surface area contributed by atoms with E-state index in [2.05, 4.69) is 29.6 Å². The Bertz CT molecular complexity index is 532. The van der Waals surface area contributed by atoms with Gasteiger partial charge in [0.2, 0.25) is 0 Å². The summed E-state index contributed by atoms with van der Waals surface area (Å²) in [7, 11) is 0. The van der Waals surface area contributed by atoms with Gasteiger partial charge in [-0.3, -0.25) is 0 Å². The minimum Gasteiger partial charge on any atom is -0.310 e. The van der Waals surface area contributed by atoms with Crippen LogP contribution in [0.25, 0.3) is 0 Å². The van der Waals surface area contributed by atoms with E-state index >= 15 is 0 Å². The predicted octanol–water partition coefficient (Wildman–Crippen LogP) is 3.86. The fourth-order valence-electron chi connectivity index (χ4n) is 2.70. The molecule has 2 aromatic rings. The Morgan fingerprint density at radius 2 is 1.63 bits per heavy atom. The molecule has 1 nitrogen and oxygen atoms in total. The largest absolute Gasteiger partial charge is 0.310 e. The van der Waals surface area contributed by atoms with Crippen LogP contribution in [0.1, 0.15) is 29.9 Å². The van der Waals surface area contributed by atoms with Gasteiger partial charge in [-0.25, -0.2) is 4.39 Å². The molecule has 0 saturated heterocycles. The molecule has 2 heteroatoms. The van der Waals surface area contributed by atoms with E-state index in [0.717, 1.165) is 24.9 Å². The van der Waals surface area contributed by atoms with Crippen LogP contribution in [0.3, 0.4) is 0 Å². The summed E-state index contributed by atoms with van der Waals surface area (Å²) < 4.78 is 13.6. The third-order valence-corrected chi connectivity index (χ3v) is 3.92. The highest BCUT2D eigenvalue weighted by molar-refractivity contribution is 5.25. The summed E-state index contributed by atoms with van der Waals surface area (Å²) in [5, 5.41) is 3.53. The normalized spacial score (nSPS) is 21.9. The van der Waals surface area contributed by atoms with Crippen molar-refractivity contribution in [2.75, 3.05) is 0 Å². The van der Waals surface area contributed by atoms with Crippen molar-refractivity contribution in [3.63, 3.8) is 0 Å². The Morgan fingerprint density at radius 3 is 2.37 bits per heavy atom. The molecule has 1 N–H and O–H groups in total. The molecule has 0 aromatic heterocycles. The van der Waals surface area contributed by atoms with Gasteiger partial charge in [0.1, 0.15) is 5.82 Å². The van der Waals surface area contributed by atoms with Crippen molar-refractivity contribution in [3.05, 3.63) is 71.5 Å². The minimum absolute atomic E-state index is 0.0611. The summed E-state index contributed by atoms with van der Waals surface area (Å²) in [6.45, 7) is 0.898. The Labute approximate surface area is 113 Å². The Morgan fingerprint density at radius 1 is 0.947 bits per heavy atom. The van der Waals surface area contributed by atoms with Crippen LogP contribution in [-0.2, 0) is 6.54 Å². The monoisotopic (exact) mass is 255 g/mol. The maximum absolute atomic E-state index is 13.6. The van der Waals surface area contributed by atoms with Crippen LogP contribution in [0.15, 0.2) is 54.6 Å². The number of hydrogen-bond donors (Lipinski definition) is 1. The molecule has 1 fully saturated rings. The second-order valence-electron chi connectivity index (χ2n) is 5.25. The lowest BCUT2D eigenvalue weighted by Gasteiger charge is -2.36. The van der Waals surface area contributed by atoms with E-state index in [0.29, 0.717) is 12.0 Å². The van der Waals surface area contributed by atoms with Crippen molar-refractivity contribution < 1.29 is 4.39 Å². The van der Waals surface area contributed by atoms with Gasteiger partial charge in [-0.1, -0.05) is 48.5 Å². The molecule has 0 spiro atoms. The summed E-state index contributed by atoms with van der Waals surface area (Å²) in [6.07, 6.45) is 2.07. The van der Waals surface area contributed by atoms with Crippen LogP contribution in [0.4, 0.5) is 4.39 Å². The van der Waals surface area contributed by atoms with Crippen molar-refractivity contribution in [1.29, 1.82) is 0 Å². The number of hydrogen-bond acceptors (Lipinski definition) is 1. The molecule has 0 amide bonds. The van der Waals surface area contributed by atoms with Gasteiger partial charge < -0.3 is 5.32 Å². The highest BCUT2D eigenvalue weighted by Gasteiger charge is 2.31. The average Bonchev–Trinajstić information content (AvgIpc) is 2.40. The van der Waals surface area contributed by atoms with Gasteiger partial charge >= 0.3 is 0 Å². The smallest absolute Gasteiger partial charge is 0.126 e. The predicted molar refractivity (Wildman–Crippen MR) is 75.4 cm³/mol. The second-order valence-corrected chi connectivity index (χ2v) is 5.25. The van der Waals surface area contributed by atoms with Gasteiger partial charge in [0, 0.05) is 12.6 Å². The second kappa shape index (κ2) is 5.54.